The molecule has 1 aliphatic rings. The van der Waals surface area contributed by atoms with E-state index in [4.69, 9.17) is 34.8 Å². The second kappa shape index (κ2) is 12.9. The van der Waals surface area contributed by atoms with Crippen molar-refractivity contribution in [1.29, 1.82) is 0 Å². The predicted octanol–water partition coefficient (Wildman–Crippen LogP) is 6.75. The van der Waals surface area contributed by atoms with Crippen molar-refractivity contribution in [2.45, 2.75) is 63.4 Å². The smallest absolute Gasteiger partial charge is 0.243 e. The van der Waals surface area contributed by atoms with Gasteiger partial charge in [0.2, 0.25) is 11.8 Å². The molecule has 0 aromatic heterocycles. The molecule has 0 heterocycles. The highest BCUT2D eigenvalue weighted by molar-refractivity contribution is 7.99. The zero-order valence-corrected chi connectivity index (χ0v) is 21.7. The van der Waals surface area contributed by atoms with Crippen LogP contribution >= 0.6 is 46.6 Å². The zero-order chi connectivity index (χ0) is 23.8. The van der Waals surface area contributed by atoms with E-state index in [1.807, 2.05) is 31.2 Å². The van der Waals surface area contributed by atoms with Crippen molar-refractivity contribution in [3.05, 3.63) is 68.7 Å². The maximum absolute atomic E-state index is 13.4. The third-order valence-electron chi connectivity index (χ3n) is 5.86. The number of amides is 2. The predicted molar refractivity (Wildman–Crippen MR) is 139 cm³/mol. The fraction of sp³-hybridized carbons (Fsp3) is 0.440. The number of hydrogen-bond acceptors (Lipinski definition) is 3. The molecular weight excluding hydrogens is 499 g/mol. The van der Waals surface area contributed by atoms with Gasteiger partial charge in [-0.15, -0.1) is 11.8 Å². The summed E-state index contributed by atoms with van der Waals surface area (Å²) in [7, 11) is 0. The molecule has 4 nitrogen and oxygen atoms in total. The van der Waals surface area contributed by atoms with Crippen molar-refractivity contribution in [2.24, 2.45) is 0 Å². The van der Waals surface area contributed by atoms with E-state index < -0.39 is 6.04 Å². The van der Waals surface area contributed by atoms with Crippen molar-refractivity contribution in [3.8, 4) is 0 Å². The molecule has 0 bridgehead atoms. The number of benzene rings is 2. The van der Waals surface area contributed by atoms with Gasteiger partial charge in [-0.2, -0.15) is 0 Å². The van der Waals surface area contributed by atoms with Crippen LogP contribution in [-0.4, -0.2) is 34.6 Å². The van der Waals surface area contributed by atoms with Crippen LogP contribution in [0.25, 0.3) is 0 Å². The lowest BCUT2D eigenvalue weighted by molar-refractivity contribution is -0.139. The summed E-state index contributed by atoms with van der Waals surface area (Å²) >= 11 is 20.4. The number of thioether (sulfide) groups is 1. The van der Waals surface area contributed by atoms with E-state index in [1.54, 1.807) is 23.1 Å². The van der Waals surface area contributed by atoms with Gasteiger partial charge in [0.25, 0.3) is 0 Å². The van der Waals surface area contributed by atoms with E-state index in [-0.39, 0.29) is 30.2 Å². The lowest BCUT2D eigenvalue weighted by Crippen LogP contribution is -2.51. The summed E-state index contributed by atoms with van der Waals surface area (Å²) in [4.78, 5) is 28.2. The highest BCUT2D eigenvalue weighted by Gasteiger charge is 2.31. The highest BCUT2D eigenvalue weighted by Crippen LogP contribution is 2.28. The molecule has 0 radical (unpaired) electrons. The Morgan fingerprint density at radius 2 is 1.76 bits per heavy atom. The topological polar surface area (TPSA) is 49.4 Å². The largest absolute Gasteiger partial charge is 0.352 e. The van der Waals surface area contributed by atoms with Crippen LogP contribution in [0.2, 0.25) is 15.1 Å². The molecule has 2 aromatic carbocycles. The van der Waals surface area contributed by atoms with E-state index in [0.717, 1.165) is 31.2 Å². The van der Waals surface area contributed by atoms with Crippen LogP contribution in [0.15, 0.2) is 42.5 Å². The monoisotopic (exact) mass is 526 g/mol. The molecule has 33 heavy (non-hydrogen) atoms. The second-order valence-corrected chi connectivity index (χ2v) is 10.5. The van der Waals surface area contributed by atoms with Gasteiger partial charge in [-0.05, 0) is 49.1 Å². The van der Waals surface area contributed by atoms with Gasteiger partial charge in [0.1, 0.15) is 6.04 Å². The Morgan fingerprint density at radius 3 is 2.39 bits per heavy atom. The number of carbonyl (C=O) groups excluding carboxylic acids is 2. The quantitative estimate of drug-likeness (QED) is 0.372. The normalized spacial score (nSPS) is 14.8. The van der Waals surface area contributed by atoms with Crippen molar-refractivity contribution >= 4 is 58.4 Å². The summed E-state index contributed by atoms with van der Waals surface area (Å²) in [5, 5.41) is 4.79. The first-order chi connectivity index (χ1) is 15.9. The average Bonchev–Trinajstić information content (AvgIpc) is 3.28. The van der Waals surface area contributed by atoms with Crippen LogP contribution in [0.1, 0.15) is 50.2 Å². The second-order valence-electron chi connectivity index (χ2n) is 8.26. The van der Waals surface area contributed by atoms with Gasteiger partial charge in [-0.1, -0.05) is 72.8 Å². The number of rotatable bonds is 10. The van der Waals surface area contributed by atoms with E-state index in [2.05, 4.69) is 5.32 Å². The number of hydrogen-bond donors (Lipinski definition) is 1. The van der Waals surface area contributed by atoms with Crippen LogP contribution < -0.4 is 5.32 Å². The number of carbonyl (C=O) groups is 2. The summed E-state index contributed by atoms with van der Waals surface area (Å²) in [6, 6.07) is 12.5. The summed E-state index contributed by atoms with van der Waals surface area (Å²) in [5.74, 6) is 0.659. The molecule has 0 spiro atoms. The van der Waals surface area contributed by atoms with Crippen LogP contribution in [0.5, 0.6) is 0 Å². The molecule has 3 rings (SSSR count). The molecule has 0 unspecified atom stereocenters. The first-order valence-corrected chi connectivity index (χ1v) is 13.5. The minimum Gasteiger partial charge on any atom is -0.352 e. The first kappa shape index (κ1) is 26.2. The lowest BCUT2D eigenvalue weighted by Gasteiger charge is -2.32. The van der Waals surface area contributed by atoms with E-state index in [1.165, 1.54) is 11.8 Å². The van der Waals surface area contributed by atoms with Crippen molar-refractivity contribution in [2.75, 3.05) is 5.75 Å². The van der Waals surface area contributed by atoms with Gasteiger partial charge < -0.3 is 10.2 Å². The van der Waals surface area contributed by atoms with Crippen LogP contribution in [0, 0.1) is 0 Å². The maximum atomic E-state index is 13.4. The molecule has 1 atom stereocenters. The number of nitrogens with zero attached hydrogens (tertiary/aromatic N) is 1. The Hall–Kier alpha value is -1.40. The third-order valence-corrected chi connectivity index (χ3v) is 7.79. The van der Waals surface area contributed by atoms with Gasteiger partial charge in [0.15, 0.2) is 0 Å². The van der Waals surface area contributed by atoms with Gasteiger partial charge in [-0.3, -0.25) is 9.59 Å². The Morgan fingerprint density at radius 1 is 1.09 bits per heavy atom. The zero-order valence-electron chi connectivity index (χ0n) is 18.7. The Balaban J connectivity index is 1.75. The first-order valence-electron chi connectivity index (χ1n) is 11.2. The molecule has 8 heteroatoms. The van der Waals surface area contributed by atoms with E-state index >= 15 is 0 Å². The molecule has 0 saturated heterocycles. The summed E-state index contributed by atoms with van der Waals surface area (Å²) in [5.41, 5.74) is 1.70. The molecule has 1 fully saturated rings. The Kier molecular flexibility index (Phi) is 10.2. The molecular formula is C25H29Cl3N2O2S. The van der Waals surface area contributed by atoms with Gasteiger partial charge in [-0.25, -0.2) is 0 Å². The Labute approximate surface area is 215 Å². The molecule has 1 saturated carbocycles. The van der Waals surface area contributed by atoms with Crippen LogP contribution in [0.4, 0.5) is 0 Å². The minimum absolute atomic E-state index is 0.110. The summed E-state index contributed by atoms with van der Waals surface area (Å²) in [6.45, 7) is 2.11. The number of halogens is 3. The number of nitrogens with one attached hydrogen (secondary N) is 1. The lowest BCUT2D eigenvalue weighted by atomic mass is 10.1. The molecule has 1 aliphatic carbocycles. The Bertz CT molecular complexity index is 946. The van der Waals surface area contributed by atoms with Crippen LogP contribution in [0.3, 0.4) is 0 Å². The SMILES string of the molecule is CC[C@H](C(=O)NC1CCCC1)N(Cc1c(Cl)cccc1Cl)C(=O)CSCc1cccc(Cl)c1. The molecule has 2 aromatic rings. The average molecular weight is 528 g/mol. The molecule has 2 amide bonds. The van der Waals surface area contributed by atoms with Crippen LogP contribution in [-0.2, 0) is 21.9 Å². The molecule has 0 aliphatic heterocycles. The summed E-state index contributed by atoms with van der Waals surface area (Å²) in [6.07, 6.45) is 4.73. The highest BCUT2D eigenvalue weighted by atomic mass is 35.5. The van der Waals surface area contributed by atoms with Gasteiger partial charge >= 0.3 is 0 Å². The fourth-order valence-corrected chi connectivity index (χ4v) is 5.69. The van der Waals surface area contributed by atoms with Crippen molar-refractivity contribution < 1.29 is 9.59 Å². The maximum Gasteiger partial charge on any atom is 0.243 e. The van der Waals surface area contributed by atoms with E-state index in [0.29, 0.717) is 32.8 Å². The third kappa shape index (κ3) is 7.54. The molecule has 1 N–H and O–H groups in total. The standard InChI is InChI=1S/C25H29Cl3N2O2S/c1-2-23(25(32)29-19-9-3-4-10-19)30(14-20-21(27)11-6-12-22(20)28)24(31)16-33-15-17-7-5-8-18(26)13-17/h5-8,11-13,19,23H,2-4,9-10,14-16H2,1H3,(H,29,32)/t23-/m1/s1. The molecule has 178 valence electrons. The van der Waals surface area contributed by atoms with E-state index in [9.17, 15) is 9.59 Å². The van der Waals surface area contributed by atoms with Crippen molar-refractivity contribution in [1.82, 2.24) is 10.2 Å². The summed E-state index contributed by atoms with van der Waals surface area (Å²) < 4.78 is 0. The minimum atomic E-state index is -0.586. The fourth-order valence-electron chi connectivity index (χ4n) is 4.11. The van der Waals surface area contributed by atoms with Gasteiger partial charge in [0.05, 0.1) is 5.75 Å². The van der Waals surface area contributed by atoms with Gasteiger partial charge in [0, 0.05) is 39.0 Å². The van der Waals surface area contributed by atoms with Crippen molar-refractivity contribution in [3.63, 3.8) is 0 Å².